The maximum absolute atomic E-state index is 6.63. The van der Waals surface area contributed by atoms with Crippen molar-refractivity contribution in [3.63, 3.8) is 0 Å². The van der Waals surface area contributed by atoms with Crippen LogP contribution in [0.1, 0.15) is 30.0 Å². The molecule has 1 aromatic carbocycles. The zero-order valence-electron chi connectivity index (χ0n) is 18.2. The lowest BCUT2D eigenvalue weighted by Gasteiger charge is -2.37. The average molecular weight is 444 g/mol. The van der Waals surface area contributed by atoms with Gasteiger partial charge in [-0.3, -0.25) is 0 Å². The van der Waals surface area contributed by atoms with Crippen molar-refractivity contribution in [2.24, 2.45) is 0 Å². The van der Waals surface area contributed by atoms with Gasteiger partial charge in [0.25, 0.3) is 0 Å². The van der Waals surface area contributed by atoms with Crippen molar-refractivity contribution in [2.75, 3.05) is 36.0 Å². The third kappa shape index (κ3) is 3.51. The maximum atomic E-state index is 6.63. The van der Waals surface area contributed by atoms with Gasteiger partial charge in [0.05, 0.1) is 10.7 Å². The summed E-state index contributed by atoms with van der Waals surface area (Å²) < 4.78 is 2.11. The van der Waals surface area contributed by atoms with Gasteiger partial charge in [-0.15, -0.1) is 0 Å². The minimum atomic E-state index is 0.735. The number of aryl methyl sites for hydroxylation is 1. The zero-order valence-corrected chi connectivity index (χ0v) is 19.0. The Morgan fingerprint density at radius 2 is 1.75 bits per heavy atom. The van der Waals surface area contributed by atoms with E-state index in [1.165, 1.54) is 24.1 Å². The Balaban J connectivity index is 1.22. The first-order valence-corrected chi connectivity index (χ1v) is 11.7. The van der Waals surface area contributed by atoms with Crippen LogP contribution in [0.3, 0.4) is 0 Å². The molecule has 32 heavy (non-hydrogen) atoms. The highest BCUT2D eigenvalue weighted by atomic mass is 35.5. The van der Waals surface area contributed by atoms with E-state index >= 15 is 0 Å². The first kappa shape index (κ1) is 19.6. The van der Waals surface area contributed by atoms with E-state index in [4.69, 9.17) is 21.6 Å². The van der Waals surface area contributed by atoms with E-state index in [-0.39, 0.29) is 0 Å². The summed E-state index contributed by atoms with van der Waals surface area (Å²) in [6, 6.07) is 16.8. The van der Waals surface area contributed by atoms with Crippen LogP contribution in [0.4, 0.5) is 11.5 Å². The SMILES string of the molecule is Cc1c(-c2cc(N3CCN(c4ccc(C5CC5)cn4)CC3)ccc2Cl)nc2ccccn12. The average Bonchev–Trinajstić information content (AvgIpc) is 3.64. The van der Waals surface area contributed by atoms with Crippen LogP contribution in [-0.4, -0.2) is 40.5 Å². The number of aromatic nitrogens is 3. The highest BCUT2D eigenvalue weighted by molar-refractivity contribution is 6.33. The van der Waals surface area contributed by atoms with Crippen molar-refractivity contribution in [1.82, 2.24) is 14.4 Å². The number of piperazine rings is 1. The molecule has 1 saturated heterocycles. The lowest BCUT2D eigenvalue weighted by Crippen LogP contribution is -2.46. The molecule has 4 heterocycles. The normalized spacial score (nSPS) is 16.7. The van der Waals surface area contributed by atoms with E-state index in [1.54, 1.807) is 0 Å². The number of halogens is 1. The van der Waals surface area contributed by atoms with Crippen LogP contribution in [0.5, 0.6) is 0 Å². The van der Waals surface area contributed by atoms with Gasteiger partial charge in [-0.1, -0.05) is 23.7 Å². The summed E-state index contributed by atoms with van der Waals surface area (Å²) in [7, 11) is 0. The molecule has 2 aliphatic rings. The summed E-state index contributed by atoms with van der Waals surface area (Å²) in [4.78, 5) is 14.4. The van der Waals surface area contributed by atoms with Crippen LogP contribution in [0.25, 0.3) is 16.9 Å². The number of hydrogen-bond donors (Lipinski definition) is 0. The number of rotatable bonds is 4. The highest BCUT2D eigenvalue weighted by Gasteiger charge is 2.25. The molecule has 0 bridgehead atoms. The molecule has 0 unspecified atom stereocenters. The number of benzene rings is 1. The van der Waals surface area contributed by atoms with E-state index in [0.717, 1.165) is 65.5 Å². The lowest BCUT2D eigenvalue weighted by molar-refractivity contribution is 0.647. The van der Waals surface area contributed by atoms with Crippen molar-refractivity contribution in [3.8, 4) is 11.3 Å². The summed E-state index contributed by atoms with van der Waals surface area (Å²) in [5.74, 6) is 1.84. The second-order valence-electron chi connectivity index (χ2n) is 8.84. The van der Waals surface area contributed by atoms with Crippen LogP contribution < -0.4 is 9.80 Å². The van der Waals surface area contributed by atoms with E-state index < -0.39 is 0 Å². The van der Waals surface area contributed by atoms with Gasteiger partial charge in [0.15, 0.2) is 0 Å². The van der Waals surface area contributed by atoms with E-state index in [0.29, 0.717) is 0 Å². The van der Waals surface area contributed by atoms with Gasteiger partial charge in [0, 0.05) is 55.5 Å². The largest absolute Gasteiger partial charge is 0.368 e. The van der Waals surface area contributed by atoms with Gasteiger partial charge in [0.1, 0.15) is 11.5 Å². The maximum Gasteiger partial charge on any atom is 0.137 e. The summed E-state index contributed by atoms with van der Waals surface area (Å²) in [6.45, 7) is 5.93. The molecule has 4 aromatic rings. The molecule has 6 rings (SSSR count). The fourth-order valence-corrected chi connectivity index (χ4v) is 4.91. The molecule has 5 nitrogen and oxygen atoms in total. The third-order valence-electron chi connectivity index (χ3n) is 6.76. The second kappa shape index (κ2) is 7.82. The Morgan fingerprint density at radius 1 is 0.938 bits per heavy atom. The van der Waals surface area contributed by atoms with E-state index in [2.05, 4.69) is 51.6 Å². The first-order chi connectivity index (χ1) is 15.7. The summed E-state index contributed by atoms with van der Waals surface area (Å²) in [6.07, 6.45) is 6.75. The Kier molecular flexibility index (Phi) is 4.80. The monoisotopic (exact) mass is 443 g/mol. The van der Waals surface area contributed by atoms with Crippen LogP contribution >= 0.6 is 11.6 Å². The molecular weight excluding hydrogens is 418 g/mol. The van der Waals surface area contributed by atoms with Crippen LogP contribution in [0, 0.1) is 6.92 Å². The minimum Gasteiger partial charge on any atom is -0.368 e. The standard InChI is InChI=1S/C26H26ClN5/c1-18-26(29-25-4-2-3-11-32(18)25)22-16-21(8-9-23(22)27)30-12-14-31(15-13-30)24-10-7-20(17-28-24)19-5-6-19/h2-4,7-11,16-17,19H,5-6,12-15H2,1H3. The van der Waals surface area contributed by atoms with Crippen LogP contribution in [-0.2, 0) is 0 Å². The Bertz CT molecular complexity index is 1270. The Hall–Kier alpha value is -3.05. The highest BCUT2D eigenvalue weighted by Crippen LogP contribution is 2.40. The minimum absolute atomic E-state index is 0.735. The molecule has 1 saturated carbocycles. The molecule has 0 amide bonds. The molecule has 1 aliphatic carbocycles. The molecule has 6 heteroatoms. The van der Waals surface area contributed by atoms with Gasteiger partial charge in [0.2, 0.25) is 0 Å². The molecular formula is C26H26ClN5. The van der Waals surface area contributed by atoms with Crippen molar-refractivity contribution in [1.29, 1.82) is 0 Å². The molecule has 0 atom stereocenters. The molecule has 162 valence electrons. The van der Waals surface area contributed by atoms with Gasteiger partial charge < -0.3 is 14.2 Å². The molecule has 2 fully saturated rings. The van der Waals surface area contributed by atoms with E-state index in [9.17, 15) is 0 Å². The van der Waals surface area contributed by atoms with Crippen LogP contribution in [0.2, 0.25) is 5.02 Å². The number of fused-ring (bicyclic) bond motifs is 1. The Morgan fingerprint density at radius 3 is 2.47 bits per heavy atom. The summed E-state index contributed by atoms with van der Waals surface area (Å²) in [5, 5.41) is 0.735. The first-order valence-electron chi connectivity index (χ1n) is 11.4. The number of pyridine rings is 2. The van der Waals surface area contributed by atoms with Gasteiger partial charge >= 0.3 is 0 Å². The van der Waals surface area contributed by atoms with E-state index in [1.807, 2.05) is 30.5 Å². The molecule has 1 aliphatic heterocycles. The van der Waals surface area contributed by atoms with Gasteiger partial charge in [-0.05, 0) is 67.6 Å². The van der Waals surface area contributed by atoms with Crippen molar-refractivity contribution >= 4 is 28.8 Å². The fraction of sp³-hybridized carbons (Fsp3) is 0.308. The lowest BCUT2D eigenvalue weighted by atomic mass is 10.1. The van der Waals surface area contributed by atoms with Crippen molar-refractivity contribution in [2.45, 2.75) is 25.7 Å². The zero-order chi connectivity index (χ0) is 21.7. The molecule has 0 spiro atoms. The number of imidazole rings is 1. The molecule has 0 N–H and O–H groups in total. The van der Waals surface area contributed by atoms with Crippen LogP contribution in [0.15, 0.2) is 60.9 Å². The number of anilines is 2. The molecule has 0 radical (unpaired) electrons. The van der Waals surface area contributed by atoms with Gasteiger partial charge in [-0.25, -0.2) is 9.97 Å². The van der Waals surface area contributed by atoms with Crippen molar-refractivity contribution in [3.05, 3.63) is 77.2 Å². The van der Waals surface area contributed by atoms with Gasteiger partial charge in [-0.2, -0.15) is 0 Å². The summed E-state index contributed by atoms with van der Waals surface area (Å²) in [5.41, 5.74) is 6.56. The number of nitrogens with zero attached hydrogens (tertiary/aromatic N) is 5. The Labute approximate surface area is 193 Å². The fourth-order valence-electron chi connectivity index (χ4n) is 4.70. The number of hydrogen-bond acceptors (Lipinski definition) is 4. The van der Waals surface area contributed by atoms with Crippen molar-refractivity contribution < 1.29 is 0 Å². The molecule has 3 aromatic heterocycles. The second-order valence-corrected chi connectivity index (χ2v) is 9.24. The summed E-state index contributed by atoms with van der Waals surface area (Å²) >= 11 is 6.63. The quantitative estimate of drug-likeness (QED) is 0.413. The predicted molar refractivity (Wildman–Crippen MR) is 131 cm³/mol. The smallest absolute Gasteiger partial charge is 0.137 e. The topological polar surface area (TPSA) is 36.7 Å². The third-order valence-corrected chi connectivity index (χ3v) is 7.09. The predicted octanol–water partition coefficient (Wildman–Crippen LogP) is 5.56.